The van der Waals surface area contributed by atoms with Crippen LogP contribution in [-0.2, 0) is 21.6 Å². The first-order chi connectivity index (χ1) is 13.4. The van der Waals surface area contributed by atoms with E-state index in [0.29, 0.717) is 23.3 Å². The highest BCUT2D eigenvalue weighted by Crippen LogP contribution is 2.34. The van der Waals surface area contributed by atoms with E-state index in [4.69, 9.17) is 4.74 Å². The van der Waals surface area contributed by atoms with Crippen LogP contribution in [0, 0.1) is 0 Å². The first-order valence-electron chi connectivity index (χ1n) is 8.91. The van der Waals surface area contributed by atoms with E-state index < -0.39 is 17.5 Å². The molecule has 0 radical (unpaired) electrons. The van der Waals surface area contributed by atoms with Crippen LogP contribution in [-0.4, -0.2) is 37.0 Å². The van der Waals surface area contributed by atoms with E-state index in [1.807, 2.05) is 6.92 Å². The number of benzene rings is 2. The summed E-state index contributed by atoms with van der Waals surface area (Å²) in [6, 6.07) is 13.3. The number of carbonyl (C=O) groups is 3. The lowest BCUT2D eigenvalue weighted by Crippen LogP contribution is -2.43. The number of esters is 1. The number of nitrogens with zero attached hydrogens (tertiary/aromatic N) is 1. The predicted octanol–water partition coefficient (Wildman–Crippen LogP) is 2.84. The zero-order valence-corrected chi connectivity index (χ0v) is 16.0. The Morgan fingerprint density at radius 1 is 1.04 bits per heavy atom. The summed E-state index contributed by atoms with van der Waals surface area (Å²) in [5.41, 5.74) is 0.745. The Labute approximate surface area is 163 Å². The topological polar surface area (TPSA) is 84.9 Å². The van der Waals surface area contributed by atoms with Gasteiger partial charge in [-0.25, -0.2) is 9.59 Å². The third-order valence-corrected chi connectivity index (χ3v) is 5.00. The lowest BCUT2D eigenvalue weighted by molar-refractivity contribution is -0.132. The molecule has 1 aliphatic heterocycles. The maximum atomic E-state index is 13.2. The lowest BCUT2D eigenvalue weighted by Gasteiger charge is -2.26. The number of hydrogen-bond donors (Lipinski definition) is 1. The first kappa shape index (κ1) is 19.4. The van der Waals surface area contributed by atoms with Crippen LogP contribution in [0.3, 0.4) is 0 Å². The van der Waals surface area contributed by atoms with Gasteiger partial charge in [0.25, 0.3) is 5.91 Å². The van der Waals surface area contributed by atoms with Gasteiger partial charge in [0.05, 0.1) is 26.3 Å². The van der Waals surface area contributed by atoms with Crippen molar-refractivity contribution in [2.24, 2.45) is 0 Å². The number of ether oxygens (including phenoxy) is 2. The van der Waals surface area contributed by atoms with Crippen LogP contribution < -0.4 is 10.1 Å². The van der Waals surface area contributed by atoms with Crippen LogP contribution >= 0.6 is 0 Å². The average Bonchev–Trinajstić information content (AvgIpc) is 2.98. The summed E-state index contributed by atoms with van der Waals surface area (Å²) in [5, 5.41) is 2.85. The fraction of sp³-hybridized carbons (Fsp3) is 0.286. The third kappa shape index (κ3) is 3.31. The van der Waals surface area contributed by atoms with E-state index >= 15 is 0 Å². The quantitative estimate of drug-likeness (QED) is 0.613. The number of methoxy groups -OCH3 is 2. The van der Waals surface area contributed by atoms with Gasteiger partial charge >= 0.3 is 12.0 Å². The van der Waals surface area contributed by atoms with E-state index in [1.54, 1.807) is 55.6 Å². The van der Waals surface area contributed by atoms with Gasteiger partial charge in [0.15, 0.2) is 0 Å². The van der Waals surface area contributed by atoms with E-state index in [0.717, 1.165) is 5.56 Å². The van der Waals surface area contributed by atoms with Crippen molar-refractivity contribution in [3.63, 3.8) is 0 Å². The molecule has 2 aromatic rings. The Morgan fingerprint density at radius 3 is 2.21 bits per heavy atom. The molecule has 0 saturated carbocycles. The van der Waals surface area contributed by atoms with Gasteiger partial charge in [0.2, 0.25) is 0 Å². The molecule has 1 atom stereocenters. The van der Waals surface area contributed by atoms with Gasteiger partial charge in [0, 0.05) is 0 Å². The SMILES string of the molecule is CC[C@]1(c2ccc(OC)cc2)NC(=O)N(Cc2ccc(C(=O)OC)cc2)C1=O. The van der Waals surface area contributed by atoms with Crippen LogP contribution in [0.5, 0.6) is 5.75 Å². The van der Waals surface area contributed by atoms with Crippen LogP contribution in [0.4, 0.5) is 4.79 Å². The highest BCUT2D eigenvalue weighted by molar-refractivity contribution is 6.07. The van der Waals surface area contributed by atoms with Gasteiger partial charge in [-0.3, -0.25) is 9.69 Å². The number of hydrogen-bond acceptors (Lipinski definition) is 5. The minimum atomic E-state index is -1.10. The molecular weight excluding hydrogens is 360 g/mol. The molecule has 0 aromatic heterocycles. The van der Waals surface area contributed by atoms with E-state index in [-0.39, 0.29) is 12.5 Å². The number of nitrogens with one attached hydrogen (secondary N) is 1. The third-order valence-electron chi connectivity index (χ3n) is 5.00. The molecule has 1 saturated heterocycles. The van der Waals surface area contributed by atoms with Gasteiger partial charge < -0.3 is 14.8 Å². The first-order valence-corrected chi connectivity index (χ1v) is 8.91. The van der Waals surface area contributed by atoms with Crippen molar-refractivity contribution in [1.29, 1.82) is 0 Å². The summed E-state index contributed by atoms with van der Waals surface area (Å²) in [5.74, 6) is -0.0670. The number of imide groups is 1. The van der Waals surface area contributed by atoms with Crippen LogP contribution in [0.25, 0.3) is 0 Å². The summed E-state index contributed by atoms with van der Waals surface area (Å²) >= 11 is 0. The van der Waals surface area contributed by atoms with E-state index in [9.17, 15) is 14.4 Å². The van der Waals surface area contributed by atoms with Gasteiger partial charge in [0.1, 0.15) is 11.3 Å². The molecule has 0 unspecified atom stereocenters. The molecule has 1 heterocycles. The second kappa shape index (κ2) is 7.72. The van der Waals surface area contributed by atoms with E-state index in [1.165, 1.54) is 12.0 Å². The van der Waals surface area contributed by atoms with Crippen molar-refractivity contribution in [2.45, 2.75) is 25.4 Å². The number of rotatable bonds is 6. The minimum absolute atomic E-state index is 0.115. The average molecular weight is 382 g/mol. The summed E-state index contributed by atoms with van der Waals surface area (Å²) in [6.07, 6.45) is 0.418. The monoisotopic (exact) mass is 382 g/mol. The summed E-state index contributed by atoms with van der Waals surface area (Å²) in [4.78, 5) is 38.5. The van der Waals surface area contributed by atoms with Crippen molar-refractivity contribution in [1.82, 2.24) is 10.2 Å². The zero-order valence-electron chi connectivity index (χ0n) is 16.0. The second-order valence-electron chi connectivity index (χ2n) is 6.50. The molecule has 1 aliphatic rings. The van der Waals surface area contributed by atoms with Crippen LogP contribution in [0.15, 0.2) is 48.5 Å². The van der Waals surface area contributed by atoms with Gasteiger partial charge in [-0.05, 0) is 41.8 Å². The van der Waals surface area contributed by atoms with Crippen LogP contribution in [0.2, 0.25) is 0 Å². The minimum Gasteiger partial charge on any atom is -0.497 e. The Balaban J connectivity index is 1.84. The Hall–Kier alpha value is -3.35. The number of urea groups is 1. The molecule has 3 amide bonds. The van der Waals surface area contributed by atoms with Crippen molar-refractivity contribution in [3.05, 3.63) is 65.2 Å². The fourth-order valence-electron chi connectivity index (χ4n) is 3.33. The van der Waals surface area contributed by atoms with Crippen molar-refractivity contribution in [2.75, 3.05) is 14.2 Å². The molecule has 7 nitrogen and oxygen atoms in total. The predicted molar refractivity (Wildman–Crippen MR) is 102 cm³/mol. The normalized spacial score (nSPS) is 18.8. The Kier molecular flexibility index (Phi) is 5.35. The molecule has 2 aromatic carbocycles. The second-order valence-corrected chi connectivity index (χ2v) is 6.50. The summed E-state index contributed by atoms with van der Waals surface area (Å²) < 4.78 is 9.84. The van der Waals surface area contributed by atoms with Crippen molar-refractivity contribution < 1.29 is 23.9 Å². The maximum Gasteiger partial charge on any atom is 0.337 e. The molecule has 28 heavy (non-hydrogen) atoms. The van der Waals surface area contributed by atoms with Crippen LogP contribution in [0.1, 0.15) is 34.8 Å². The highest BCUT2D eigenvalue weighted by atomic mass is 16.5. The highest BCUT2D eigenvalue weighted by Gasteiger charge is 2.51. The van der Waals surface area contributed by atoms with Crippen molar-refractivity contribution >= 4 is 17.9 Å². The Bertz CT molecular complexity index is 892. The molecule has 3 rings (SSSR count). The zero-order chi connectivity index (χ0) is 20.3. The maximum absolute atomic E-state index is 13.2. The van der Waals surface area contributed by atoms with Crippen molar-refractivity contribution in [3.8, 4) is 5.75 Å². The van der Waals surface area contributed by atoms with E-state index in [2.05, 4.69) is 10.1 Å². The fourth-order valence-corrected chi connectivity index (χ4v) is 3.33. The molecule has 0 spiro atoms. The Morgan fingerprint density at radius 2 is 1.68 bits per heavy atom. The molecule has 1 N–H and O–H groups in total. The molecule has 146 valence electrons. The molecule has 0 aliphatic carbocycles. The summed E-state index contributed by atoms with van der Waals surface area (Å²) in [7, 11) is 2.88. The molecular formula is C21H22N2O5. The summed E-state index contributed by atoms with van der Waals surface area (Å²) in [6.45, 7) is 1.97. The number of carbonyl (C=O) groups excluding carboxylic acids is 3. The smallest absolute Gasteiger partial charge is 0.337 e. The standard InChI is InChI=1S/C21H22N2O5/c1-4-21(16-9-11-17(27-2)12-10-16)19(25)23(20(26)22-21)13-14-5-7-15(8-6-14)18(24)28-3/h5-12H,4,13H2,1-3H3,(H,22,26)/t21-/m1/s1. The van der Waals surface area contributed by atoms with Gasteiger partial charge in [-0.1, -0.05) is 31.2 Å². The van der Waals surface area contributed by atoms with Gasteiger partial charge in [-0.2, -0.15) is 0 Å². The largest absolute Gasteiger partial charge is 0.497 e. The van der Waals surface area contributed by atoms with Gasteiger partial charge in [-0.15, -0.1) is 0 Å². The number of amides is 3. The molecule has 1 fully saturated rings. The molecule has 0 bridgehead atoms. The molecule has 7 heteroatoms. The lowest BCUT2D eigenvalue weighted by atomic mass is 9.87.